The van der Waals surface area contributed by atoms with Gasteiger partial charge in [-0.3, -0.25) is 19.5 Å². The first-order valence-electron chi connectivity index (χ1n) is 9.24. The number of allylic oxidation sites excluding steroid dienone is 1. The number of hydrogen-bond acceptors (Lipinski definition) is 7. The minimum absolute atomic E-state index is 0.0118. The Kier molecular flexibility index (Phi) is 6.65. The number of carbonyl (C=O) groups is 1. The third-order valence-corrected chi connectivity index (χ3v) is 5.41. The lowest BCUT2D eigenvalue weighted by Crippen LogP contribution is -2.48. The van der Waals surface area contributed by atoms with E-state index in [9.17, 15) is 14.9 Å². The van der Waals surface area contributed by atoms with E-state index in [1.807, 2.05) is 23.3 Å². The molecule has 2 atom stereocenters. The Bertz CT molecular complexity index is 889. The number of morpholine rings is 1. The van der Waals surface area contributed by atoms with Crippen LogP contribution in [0.2, 0.25) is 0 Å². The summed E-state index contributed by atoms with van der Waals surface area (Å²) in [5, 5.41) is 19.9. The largest absolute Gasteiger partial charge is 0.372 e. The molecule has 2 aromatic rings. The van der Waals surface area contributed by atoms with Crippen LogP contribution in [0.4, 0.5) is 5.69 Å². The molecule has 3 rings (SSSR count). The van der Waals surface area contributed by atoms with Crippen molar-refractivity contribution in [3.8, 4) is 11.4 Å². The lowest BCUT2D eigenvalue weighted by Gasteiger charge is -2.35. The Morgan fingerprint density at radius 1 is 1.31 bits per heavy atom. The number of rotatable bonds is 7. The smallest absolute Gasteiger partial charge is 0.269 e. The number of hydrogen-bond donors (Lipinski definition) is 0. The average Bonchev–Trinajstić information content (AvgIpc) is 3.08. The van der Waals surface area contributed by atoms with E-state index in [1.54, 1.807) is 18.2 Å². The fourth-order valence-electron chi connectivity index (χ4n) is 3.23. The first-order chi connectivity index (χ1) is 13.9. The molecule has 0 spiro atoms. The van der Waals surface area contributed by atoms with Crippen molar-refractivity contribution in [1.29, 1.82) is 0 Å². The minimum atomic E-state index is -0.446. The van der Waals surface area contributed by atoms with Crippen LogP contribution in [0.3, 0.4) is 0 Å². The third-order valence-electron chi connectivity index (χ3n) is 4.46. The highest BCUT2D eigenvalue weighted by molar-refractivity contribution is 7.99. The van der Waals surface area contributed by atoms with Crippen molar-refractivity contribution < 1.29 is 14.5 Å². The van der Waals surface area contributed by atoms with Gasteiger partial charge in [0.2, 0.25) is 5.91 Å². The Labute approximate surface area is 172 Å². The fourth-order valence-corrected chi connectivity index (χ4v) is 4.08. The van der Waals surface area contributed by atoms with Gasteiger partial charge in [0.1, 0.15) is 0 Å². The number of non-ortho nitro benzene ring substituents is 1. The van der Waals surface area contributed by atoms with Crippen LogP contribution in [0.1, 0.15) is 13.8 Å². The number of aromatic nitrogens is 3. The van der Waals surface area contributed by atoms with E-state index in [2.05, 4.69) is 16.8 Å². The Hall–Kier alpha value is -2.72. The highest BCUT2D eigenvalue weighted by Crippen LogP contribution is 2.26. The lowest BCUT2D eigenvalue weighted by atomic mass is 10.2. The van der Waals surface area contributed by atoms with Gasteiger partial charge >= 0.3 is 0 Å². The van der Waals surface area contributed by atoms with Crippen molar-refractivity contribution in [2.24, 2.45) is 0 Å². The fraction of sp³-hybridized carbons (Fsp3) is 0.421. The number of amides is 1. The van der Waals surface area contributed by atoms with E-state index >= 15 is 0 Å². The van der Waals surface area contributed by atoms with Crippen molar-refractivity contribution in [3.63, 3.8) is 0 Å². The summed E-state index contributed by atoms with van der Waals surface area (Å²) in [7, 11) is 0. The molecule has 1 aromatic heterocycles. The first kappa shape index (κ1) is 21.0. The van der Waals surface area contributed by atoms with Crippen molar-refractivity contribution in [1.82, 2.24) is 19.7 Å². The van der Waals surface area contributed by atoms with Crippen LogP contribution in [0.25, 0.3) is 11.4 Å². The average molecular weight is 417 g/mol. The first-order valence-corrected chi connectivity index (χ1v) is 10.2. The molecule has 0 unspecified atom stereocenters. The van der Waals surface area contributed by atoms with Crippen LogP contribution < -0.4 is 0 Å². The SMILES string of the molecule is C=CCn1c(SCC(=O)N2C[C@@H](C)O[C@H](C)C2)nnc1-c1ccc([N+](=O)[O-])cc1. The maximum atomic E-state index is 12.6. The van der Waals surface area contributed by atoms with Crippen molar-refractivity contribution in [2.45, 2.75) is 37.8 Å². The van der Waals surface area contributed by atoms with Crippen molar-refractivity contribution in [2.75, 3.05) is 18.8 Å². The van der Waals surface area contributed by atoms with Crippen LogP contribution in [-0.2, 0) is 16.1 Å². The Morgan fingerprint density at radius 2 is 1.97 bits per heavy atom. The molecule has 1 aliphatic rings. The predicted molar refractivity (Wildman–Crippen MR) is 110 cm³/mol. The molecule has 0 saturated carbocycles. The number of nitro groups is 1. The van der Waals surface area contributed by atoms with Gasteiger partial charge in [0.25, 0.3) is 5.69 Å². The molecule has 0 radical (unpaired) electrons. The molecule has 0 aliphatic carbocycles. The van der Waals surface area contributed by atoms with Crippen LogP contribution in [-0.4, -0.2) is 61.5 Å². The normalized spacial score (nSPS) is 19.2. The molecule has 2 heterocycles. The van der Waals surface area contributed by atoms with Gasteiger partial charge in [-0.2, -0.15) is 0 Å². The van der Waals surface area contributed by atoms with Crippen molar-refractivity contribution >= 4 is 23.4 Å². The number of thioether (sulfide) groups is 1. The third kappa shape index (κ3) is 5.01. The molecule has 1 amide bonds. The zero-order chi connectivity index (χ0) is 21.0. The van der Waals surface area contributed by atoms with E-state index in [0.717, 1.165) is 0 Å². The summed E-state index contributed by atoms with van der Waals surface area (Å²) < 4.78 is 7.52. The predicted octanol–water partition coefficient (Wildman–Crippen LogP) is 2.77. The molecule has 29 heavy (non-hydrogen) atoms. The Morgan fingerprint density at radius 3 is 2.55 bits per heavy atom. The molecular weight excluding hydrogens is 394 g/mol. The summed E-state index contributed by atoms with van der Waals surface area (Å²) in [6.07, 6.45) is 1.76. The summed E-state index contributed by atoms with van der Waals surface area (Å²) in [4.78, 5) is 24.8. The zero-order valence-corrected chi connectivity index (χ0v) is 17.2. The summed E-state index contributed by atoms with van der Waals surface area (Å²) in [6.45, 7) is 9.31. The molecule has 154 valence electrons. The summed E-state index contributed by atoms with van der Waals surface area (Å²) >= 11 is 1.32. The number of benzene rings is 1. The molecule has 0 N–H and O–H groups in total. The van der Waals surface area contributed by atoms with E-state index in [1.165, 1.54) is 23.9 Å². The van der Waals surface area contributed by atoms with Crippen LogP contribution >= 0.6 is 11.8 Å². The molecule has 9 nitrogen and oxygen atoms in total. The van der Waals surface area contributed by atoms with Crippen LogP contribution in [0.15, 0.2) is 42.1 Å². The topological polar surface area (TPSA) is 103 Å². The van der Waals surface area contributed by atoms with E-state index in [-0.39, 0.29) is 29.6 Å². The van der Waals surface area contributed by atoms with Gasteiger partial charge in [-0.05, 0) is 26.0 Å². The maximum absolute atomic E-state index is 12.6. The second-order valence-corrected chi connectivity index (χ2v) is 7.80. The van der Waals surface area contributed by atoms with Gasteiger partial charge in [-0.1, -0.05) is 17.8 Å². The monoisotopic (exact) mass is 417 g/mol. The van der Waals surface area contributed by atoms with Gasteiger partial charge in [0.15, 0.2) is 11.0 Å². The quantitative estimate of drug-likeness (QED) is 0.295. The van der Waals surface area contributed by atoms with Crippen LogP contribution in [0, 0.1) is 10.1 Å². The van der Waals surface area contributed by atoms with Crippen LogP contribution in [0.5, 0.6) is 0 Å². The van der Waals surface area contributed by atoms with Crippen molar-refractivity contribution in [3.05, 3.63) is 47.0 Å². The van der Waals surface area contributed by atoms with Gasteiger partial charge in [0.05, 0.1) is 22.9 Å². The van der Waals surface area contributed by atoms with Gasteiger partial charge in [-0.25, -0.2) is 0 Å². The lowest BCUT2D eigenvalue weighted by molar-refractivity contribution is -0.384. The molecule has 1 aromatic carbocycles. The second kappa shape index (κ2) is 9.19. The van der Waals surface area contributed by atoms with Gasteiger partial charge in [-0.15, -0.1) is 16.8 Å². The van der Waals surface area contributed by atoms with E-state index in [4.69, 9.17) is 4.74 Å². The molecule has 1 saturated heterocycles. The summed E-state index contributed by atoms with van der Waals surface area (Å²) in [5.41, 5.74) is 0.719. The number of nitrogens with zero attached hydrogens (tertiary/aromatic N) is 5. The van der Waals surface area contributed by atoms with Gasteiger partial charge in [0, 0.05) is 37.3 Å². The highest BCUT2D eigenvalue weighted by Gasteiger charge is 2.26. The number of carbonyl (C=O) groups excluding carboxylic acids is 1. The molecule has 0 bridgehead atoms. The standard InChI is InChI=1S/C19H23N5O4S/c1-4-9-23-18(15-5-7-16(8-6-15)24(26)27)20-21-19(23)29-12-17(25)22-10-13(2)28-14(3)11-22/h4-8,13-14H,1,9-12H2,2-3H3/t13-,14-/m1/s1. The Balaban J connectivity index is 1.73. The number of nitro benzene ring substituents is 1. The molecular formula is C19H23N5O4S. The second-order valence-electron chi connectivity index (χ2n) is 6.85. The van der Waals surface area contributed by atoms with E-state index < -0.39 is 4.92 Å². The zero-order valence-electron chi connectivity index (χ0n) is 16.4. The summed E-state index contributed by atoms with van der Waals surface area (Å²) in [6, 6.07) is 6.13. The number of ether oxygens (including phenoxy) is 1. The van der Waals surface area contributed by atoms with E-state index in [0.29, 0.717) is 36.2 Å². The molecule has 1 aliphatic heterocycles. The summed E-state index contributed by atoms with van der Waals surface area (Å²) in [5.74, 6) is 0.847. The molecule has 10 heteroatoms. The van der Waals surface area contributed by atoms with Gasteiger partial charge < -0.3 is 9.64 Å². The highest BCUT2D eigenvalue weighted by atomic mass is 32.2. The minimum Gasteiger partial charge on any atom is -0.372 e. The maximum Gasteiger partial charge on any atom is 0.269 e. The molecule has 1 fully saturated rings.